The summed E-state index contributed by atoms with van der Waals surface area (Å²) in [5.41, 5.74) is 0. The topological polar surface area (TPSA) is 66.5 Å². The van der Waals surface area contributed by atoms with Gasteiger partial charge in [-0.1, -0.05) is 29.3 Å². The number of nitrogens with zero attached hydrogens (tertiary/aromatic N) is 1. The Morgan fingerprint density at radius 3 is 2.42 bits per heavy atom. The minimum atomic E-state index is -3.48. The van der Waals surface area contributed by atoms with Crippen LogP contribution in [0.15, 0.2) is 33.6 Å². The molecule has 1 aliphatic rings. The highest BCUT2D eigenvalue weighted by molar-refractivity contribution is 9.10. The number of nitrogens with one attached hydrogen (secondary N) is 1. The fourth-order valence-electron chi connectivity index (χ4n) is 2.98. The van der Waals surface area contributed by atoms with Gasteiger partial charge in [-0.15, -0.1) is 0 Å². The molecule has 0 aromatic heterocycles. The van der Waals surface area contributed by atoms with Crippen LogP contribution in [0, 0.1) is 5.92 Å². The first kappa shape index (κ1) is 19.4. The highest BCUT2D eigenvalue weighted by Crippen LogP contribution is 2.25. The molecule has 2 rings (SSSR count). The van der Waals surface area contributed by atoms with Gasteiger partial charge in [0, 0.05) is 29.5 Å². The van der Waals surface area contributed by atoms with Crippen LogP contribution in [-0.4, -0.2) is 37.8 Å². The normalized spacial score (nSPS) is 18.3. The largest absolute Gasteiger partial charge is 0.353 e. The SMILES string of the molecule is CCCC(C)NC(=O)C1CCN(S(=O)(=O)c2ccc(Br)cc2)CC1. The maximum Gasteiger partial charge on any atom is 0.243 e. The molecule has 1 aromatic rings. The van der Waals surface area contributed by atoms with Crippen LogP contribution in [0.1, 0.15) is 39.5 Å². The molecule has 1 saturated heterocycles. The molecule has 0 spiro atoms. The van der Waals surface area contributed by atoms with Crippen molar-refractivity contribution in [2.75, 3.05) is 13.1 Å². The third-order valence-electron chi connectivity index (χ3n) is 4.39. The van der Waals surface area contributed by atoms with E-state index in [2.05, 4.69) is 28.2 Å². The van der Waals surface area contributed by atoms with E-state index in [-0.39, 0.29) is 17.9 Å². The van der Waals surface area contributed by atoms with E-state index in [0.29, 0.717) is 30.8 Å². The van der Waals surface area contributed by atoms with Crippen LogP contribution >= 0.6 is 15.9 Å². The lowest BCUT2D eigenvalue weighted by Gasteiger charge is -2.31. The Kier molecular flexibility index (Phi) is 6.83. The number of hydrogen-bond donors (Lipinski definition) is 1. The molecule has 0 radical (unpaired) electrons. The van der Waals surface area contributed by atoms with E-state index in [4.69, 9.17) is 0 Å². The number of sulfonamides is 1. The molecule has 7 heteroatoms. The van der Waals surface area contributed by atoms with Crippen LogP contribution in [0.2, 0.25) is 0 Å². The average Bonchev–Trinajstić information content (AvgIpc) is 2.55. The summed E-state index contributed by atoms with van der Waals surface area (Å²) in [5.74, 6) is -0.0442. The minimum absolute atomic E-state index is 0.0524. The molecule has 1 atom stereocenters. The number of amides is 1. The molecule has 1 unspecified atom stereocenters. The van der Waals surface area contributed by atoms with Crippen molar-refractivity contribution in [2.24, 2.45) is 5.92 Å². The first-order chi connectivity index (χ1) is 11.3. The molecule has 1 aliphatic heterocycles. The maximum absolute atomic E-state index is 12.6. The molecule has 134 valence electrons. The van der Waals surface area contributed by atoms with Gasteiger partial charge in [-0.05, 0) is 50.5 Å². The molecule has 1 aromatic carbocycles. The van der Waals surface area contributed by atoms with Gasteiger partial charge in [0.1, 0.15) is 0 Å². The lowest BCUT2D eigenvalue weighted by atomic mass is 9.96. The summed E-state index contributed by atoms with van der Waals surface area (Å²) < 4.78 is 27.6. The number of piperidine rings is 1. The van der Waals surface area contributed by atoms with E-state index in [9.17, 15) is 13.2 Å². The predicted octanol–water partition coefficient (Wildman–Crippen LogP) is 3.15. The van der Waals surface area contributed by atoms with Gasteiger partial charge < -0.3 is 5.32 Å². The van der Waals surface area contributed by atoms with Gasteiger partial charge in [-0.25, -0.2) is 8.42 Å². The summed E-state index contributed by atoms with van der Waals surface area (Å²) in [6, 6.07) is 6.83. The highest BCUT2D eigenvalue weighted by Gasteiger charge is 2.32. The Labute approximate surface area is 153 Å². The molecule has 1 fully saturated rings. The molecule has 0 bridgehead atoms. The van der Waals surface area contributed by atoms with Crippen molar-refractivity contribution in [1.82, 2.24) is 9.62 Å². The molecule has 1 heterocycles. The van der Waals surface area contributed by atoms with Crippen molar-refractivity contribution < 1.29 is 13.2 Å². The smallest absolute Gasteiger partial charge is 0.243 e. The van der Waals surface area contributed by atoms with Gasteiger partial charge in [-0.2, -0.15) is 4.31 Å². The molecule has 0 aliphatic carbocycles. The first-order valence-electron chi connectivity index (χ1n) is 8.40. The second-order valence-corrected chi connectivity index (χ2v) is 9.18. The van der Waals surface area contributed by atoms with Crippen molar-refractivity contribution in [3.63, 3.8) is 0 Å². The lowest BCUT2D eigenvalue weighted by molar-refractivity contribution is -0.126. The van der Waals surface area contributed by atoms with Gasteiger partial charge in [0.05, 0.1) is 4.90 Å². The fourth-order valence-corrected chi connectivity index (χ4v) is 4.71. The third kappa shape index (κ3) is 4.80. The Hall–Kier alpha value is -0.920. The van der Waals surface area contributed by atoms with Gasteiger partial charge in [-0.3, -0.25) is 4.79 Å². The number of benzene rings is 1. The molecular weight excluding hydrogens is 392 g/mol. The van der Waals surface area contributed by atoms with Crippen molar-refractivity contribution >= 4 is 31.9 Å². The van der Waals surface area contributed by atoms with E-state index in [1.54, 1.807) is 24.3 Å². The summed E-state index contributed by atoms with van der Waals surface area (Å²) in [6.45, 7) is 4.87. The second-order valence-electron chi connectivity index (χ2n) is 6.33. The fraction of sp³-hybridized carbons (Fsp3) is 0.588. The van der Waals surface area contributed by atoms with Crippen molar-refractivity contribution in [3.8, 4) is 0 Å². The van der Waals surface area contributed by atoms with Crippen LogP contribution in [-0.2, 0) is 14.8 Å². The zero-order chi connectivity index (χ0) is 17.7. The summed E-state index contributed by atoms with van der Waals surface area (Å²) in [6.07, 6.45) is 3.13. The average molecular weight is 417 g/mol. The number of carbonyl (C=O) groups is 1. The third-order valence-corrected chi connectivity index (χ3v) is 6.83. The van der Waals surface area contributed by atoms with Gasteiger partial charge in [0.25, 0.3) is 0 Å². The van der Waals surface area contributed by atoms with E-state index in [1.807, 2.05) is 6.92 Å². The Morgan fingerprint density at radius 1 is 1.29 bits per heavy atom. The number of rotatable bonds is 6. The summed E-state index contributed by atoms with van der Waals surface area (Å²) in [5, 5.41) is 3.03. The van der Waals surface area contributed by atoms with Crippen LogP contribution in [0.3, 0.4) is 0 Å². The molecule has 5 nitrogen and oxygen atoms in total. The van der Waals surface area contributed by atoms with Gasteiger partial charge in [0.2, 0.25) is 15.9 Å². The number of halogens is 1. The van der Waals surface area contributed by atoms with Crippen molar-refractivity contribution in [3.05, 3.63) is 28.7 Å². The summed E-state index contributed by atoms with van der Waals surface area (Å²) >= 11 is 3.31. The number of hydrogen-bond acceptors (Lipinski definition) is 3. The van der Waals surface area contributed by atoms with Crippen LogP contribution < -0.4 is 5.32 Å². The Balaban J connectivity index is 1.94. The lowest BCUT2D eigenvalue weighted by Crippen LogP contribution is -2.44. The molecular formula is C17H25BrN2O3S. The van der Waals surface area contributed by atoms with E-state index in [0.717, 1.165) is 17.3 Å². The maximum atomic E-state index is 12.6. The van der Waals surface area contributed by atoms with Crippen molar-refractivity contribution in [1.29, 1.82) is 0 Å². The standard InChI is InChI=1S/C17H25BrN2O3S/c1-3-4-13(2)19-17(21)14-9-11-20(12-10-14)24(22,23)16-7-5-15(18)6-8-16/h5-8,13-14H,3-4,9-12H2,1-2H3,(H,19,21). The highest BCUT2D eigenvalue weighted by atomic mass is 79.9. The van der Waals surface area contributed by atoms with Gasteiger partial charge in [0.15, 0.2) is 0 Å². The Morgan fingerprint density at radius 2 is 1.88 bits per heavy atom. The Bertz CT molecular complexity index is 653. The monoisotopic (exact) mass is 416 g/mol. The second kappa shape index (κ2) is 8.45. The van der Waals surface area contributed by atoms with E-state index < -0.39 is 10.0 Å². The van der Waals surface area contributed by atoms with Crippen molar-refractivity contribution in [2.45, 2.75) is 50.5 Å². The zero-order valence-electron chi connectivity index (χ0n) is 14.2. The molecule has 0 saturated carbocycles. The number of carbonyl (C=O) groups excluding carboxylic acids is 1. The van der Waals surface area contributed by atoms with E-state index in [1.165, 1.54) is 4.31 Å². The quantitative estimate of drug-likeness (QED) is 0.774. The van der Waals surface area contributed by atoms with Crippen LogP contribution in [0.4, 0.5) is 0 Å². The van der Waals surface area contributed by atoms with E-state index >= 15 is 0 Å². The molecule has 24 heavy (non-hydrogen) atoms. The summed E-state index contributed by atoms with van der Waals surface area (Å²) in [4.78, 5) is 12.6. The molecule has 1 amide bonds. The van der Waals surface area contributed by atoms with Crippen LogP contribution in [0.5, 0.6) is 0 Å². The minimum Gasteiger partial charge on any atom is -0.353 e. The van der Waals surface area contributed by atoms with Gasteiger partial charge >= 0.3 is 0 Å². The summed E-state index contributed by atoms with van der Waals surface area (Å²) in [7, 11) is -3.48. The zero-order valence-corrected chi connectivity index (χ0v) is 16.6. The van der Waals surface area contributed by atoms with Crippen LogP contribution in [0.25, 0.3) is 0 Å². The predicted molar refractivity (Wildman–Crippen MR) is 98.1 cm³/mol. The first-order valence-corrected chi connectivity index (χ1v) is 10.6. The molecule has 1 N–H and O–H groups in total.